The number of nitrogens with zero attached hydrogens (tertiary/aromatic N) is 4. The predicted molar refractivity (Wildman–Crippen MR) is 89.1 cm³/mol. The molecule has 1 saturated heterocycles. The second-order valence-electron chi connectivity index (χ2n) is 6.71. The number of aromatic nitrogens is 3. The number of hydrogen-bond acceptors (Lipinski definition) is 3. The van der Waals surface area contributed by atoms with E-state index >= 15 is 0 Å². The van der Waals surface area contributed by atoms with Crippen molar-refractivity contribution < 1.29 is 4.79 Å². The zero-order chi connectivity index (χ0) is 16.4. The van der Waals surface area contributed by atoms with E-state index in [0.29, 0.717) is 5.92 Å². The normalized spacial score (nSPS) is 17.9. The van der Waals surface area contributed by atoms with Gasteiger partial charge in [-0.2, -0.15) is 0 Å². The Morgan fingerprint density at radius 1 is 1.35 bits per heavy atom. The van der Waals surface area contributed by atoms with Crippen LogP contribution in [0, 0.1) is 12.8 Å². The fourth-order valence-electron chi connectivity index (χ4n) is 3.30. The molecule has 0 aliphatic carbocycles. The van der Waals surface area contributed by atoms with Gasteiger partial charge in [-0.3, -0.25) is 4.79 Å². The van der Waals surface area contributed by atoms with Crippen LogP contribution in [-0.2, 0) is 6.54 Å². The molecular formula is C18H24N4O. The van der Waals surface area contributed by atoms with E-state index in [1.807, 2.05) is 36.1 Å². The lowest BCUT2D eigenvalue weighted by molar-refractivity contribution is 0.0726. The van der Waals surface area contributed by atoms with Crippen LogP contribution < -0.4 is 0 Å². The highest BCUT2D eigenvalue weighted by Crippen LogP contribution is 2.32. The Kier molecular flexibility index (Phi) is 4.46. The van der Waals surface area contributed by atoms with E-state index in [9.17, 15) is 4.79 Å². The highest BCUT2D eigenvalue weighted by Gasteiger charge is 2.34. The highest BCUT2D eigenvalue weighted by atomic mass is 16.2. The molecule has 2 heterocycles. The van der Waals surface area contributed by atoms with Gasteiger partial charge in [-0.1, -0.05) is 32.0 Å². The zero-order valence-corrected chi connectivity index (χ0v) is 14.1. The lowest BCUT2D eigenvalue weighted by Gasteiger charge is -2.25. The SMILES string of the molecule is Cc1ccccc1C(=O)N1CCCC1c1nncn1CC(C)C. The summed E-state index contributed by atoms with van der Waals surface area (Å²) < 4.78 is 2.10. The van der Waals surface area contributed by atoms with E-state index in [4.69, 9.17) is 0 Å². The van der Waals surface area contributed by atoms with E-state index in [-0.39, 0.29) is 11.9 Å². The van der Waals surface area contributed by atoms with Gasteiger partial charge in [0.25, 0.3) is 5.91 Å². The number of carbonyl (C=O) groups is 1. The summed E-state index contributed by atoms with van der Waals surface area (Å²) in [4.78, 5) is 14.9. The Hall–Kier alpha value is -2.17. The molecule has 23 heavy (non-hydrogen) atoms. The second kappa shape index (κ2) is 6.52. The molecule has 1 aromatic heterocycles. The van der Waals surface area contributed by atoms with Gasteiger partial charge in [-0.15, -0.1) is 10.2 Å². The summed E-state index contributed by atoms with van der Waals surface area (Å²) in [6, 6.07) is 7.81. The van der Waals surface area contributed by atoms with Gasteiger partial charge in [0.1, 0.15) is 6.33 Å². The molecule has 0 radical (unpaired) electrons. The van der Waals surface area contributed by atoms with Crippen LogP contribution in [0.25, 0.3) is 0 Å². The molecule has 0 saturated carbocycles. The summed E-state index contributed by atoms with van der Waals surface area (Å²) in [5.74, 6) is 1.54. The number of hydrogen-bond donors (Lipinski definition) is 0. The molecule has 122 valence electrons. The number of aryl methyl sites for hydroxylation is 1. The average molecular weight is 312 g/mol. The summed E-state index contributed by atoms with van der Waals surface area (Å²) in [6.07, 6.45) is 3.75. The van der Waals surface area contributed by atoms with Crippen LogP contribution in [0.3, 0.4) is 0 Å². The van der Waals surface area contributed by atoms with Gasteiger partial charge in [-0.05, 0) is 37.3 Å². The maximum absolute atomic E-state index is 13.0. The van der Waals surface area contributed by atoms with Crippen molar-refractivity contribution in [2.75, 3.05) is 6.54 Å². The Morgan fingerprint density at radius 2 is 2.13 bits per heavy atom. The molecule has 1 aliphatic rings. The summed E-state index contributed by atoms with van der Waals surface area (Å²) in [6.45, 7) is 8.00. The lowest BCUT2D eigenvalue weighted by Crippen LogP contribution is -2.32. The number of likely N-dealkylation sites (tertiary alicyclic amines) is 1. The molecule has 5 nitrogen and oxygen atoms in total. The van der Waals surface area contributed by atoms with Gasteiger partial charge >= 0.3 is 0 Å². The first-order valence-corrected chi connectivity index (χ1v) is 8.32. The van der Waals surface area contributed by atoms with Crippen molar-refractivity contribution >= 4 is 5.91 Å². The van der Waals surface area contributed by atoms with Crippen molar-refractivity contribution in [1.82, 2.24) is 19.7 Å². The molecule has 1 aromatic carbocycles. The number of benzene rings is 1. The van der Waals surface area contributed by atoms with Crippen LogP contribution in [0.5, 0.6) is 0 Å². The second-order valence-corrected chi connectivity index (χ2v) is 6.71. The minimum Gasteiger partial charge on any atom is -0.328 e. The predicted octanol–water partition coefficient (Wildman–Crippen LogP) is 3.22. The maximum atomic E-state index is 13.0. The minimum absolute atomic E-state index is 0.0309. The lowest BCUT2D eigenvalue weighted by atomic mass is 10.1. The first-order chi connectivity index (χ1) is 11.1. The third kappa shape index (κ3) is 3.14. The largest absolute Gasteiger partial charge is 0.328 e. The Balaban J connectivity index is 1.88. The molecule has 2 aromatic rings. The summed E-state index contributed by atoms with van der Waals surface area (Å²) >= 11 is 0. The third-order valence-corrected chi connectivity index (χ3v) is 4.39. The van der Waals surface area contributed by atoms with E-state index in [1.165, 1.54) is 0 Å². The van der Waals surface area contributed by atoms with E-state index in [1.54, 1.807) is 6.33 Å². The third-order valence-electron chi connectivity index (χ3n) is 4.39. The van der Waals surface area contributed by atoms with Gasteiger partial charge < -0.3 is 9.47 Å². The standard InChI is InChI=1S/C18H24N4O/c1-13(2)11-21-12-19-20-17(21)16-9-6-10-22(16)18(23)15-8-5-4-7-14(15)3/h4-5,7-8,12-13,16H,6,9-11H2,1-3H3. The molecule has 1 aliphatic heterocycles. The van der Waals surface area contributed by atoms with Crippen LogP contribution >= 0.6 is 0 Å². The number of amides is 1. The Labute approximate surface area is 137 Å². The molecule has 1 atom stereocenters. The fraction of sp³-hybridized carbons (Fsp3) is 0.500. The zero-order valence-electron chi connectivity index (χ0n) is 14.1. The van der Waals surface area contributed by atoms with Crippen molar-refractivity contribution in [3.63, 3.8) is 0 Å². The molecule has 0 spiro atoms. The van der Waals surface area contributed by atoms with Gasteiger partial charge in [0.2, 0.25) is 0 Å². The number of carbonyl (C=O) groups excluding carboxylic acids is 1. The fourth-order valence-corrected chi connectivity index (χ4v) is 3.30. The molecule has 1 unspecified atom stereocenters. The Morgan fingerprint density at radius 3 is 2.87 bits per heavy atom. The van der Waals surface area contributed by atoms with Crippen molar-refractivity contribution in [2.45, 2.75) is 46.2 Å². The minimum atomic E-state index is 0.0309. The molecule has 0 bridgehead atoms. The Bertz CT molecular complexity index is 692. The molecule has 1 fully saturated rings. The van der Waals surface area contributed by atoms with Crippen molar-refractivity contribution in [3.05, 3.63) is 47.5 Å². The molecule has 3 rings (SSSR count). The van der Waals surface area contributed by atoms with E-state index in [2.05, 4.69) is 28.6 Å². The van der Waals surface area contributed by atoms with Gasteiger partial charge in [0, 0.05) is 18.7 Å². The number of rotatable bonds is 4. The smallest absolute Gasteiger partial charge is 0.254 e. The van der Waals surface area contributed by atoms with Crippen LogP contribution in [0.2, 0.25) is 0 Å². The van der Waals surface area contributed by atoms with Crippen LogP contribution in [0.15, 0.2) is 30.6 Å². The highest BCUT2D eigenvalue weighted by molar-refractivity contribution is 5.96. The summed E-state index contributed by atoms with van der Waals surface area (Å²) in [5, 5.41) is 8.40. The van der Waals surface area contributed by atoms with Crippen molar-refractivity contribution in [3.8, 4) is 0 Å². The topological polar surface area (TPSA) is 51.0 Å². The van der Waals surface area contributed by atoms with Crippen molar-refractivity contribution in [2.24, 2.45) is 5.92 Å². The first kappa shape index (κ1) is 15.7. The summed E-state index contributed by atoms with van der Waals surface area (Å²) in [7, 11) is 0. The van der Waals surface area contributed by atoms with Gasteiger partial charge in [0.15, 0.2) is 5.82 Å². The van der Waals surface area contributed by atoms with Gasteiger partial charge in [0.05, 0.1) is 6.04 Å². The van der Waals surface area contributed by atoms with Crippen molar-refractivity contribution in [1.29, 1.82) is 0 Å². The molecule has 5 heteroatoms. The monoisotopic (exact) mass is 312 g/mol. The first-order valence-electron chi connectivity index (χ1n) is 8.32. The van der Waals surface area contributed by atoms with E-state index in [0.717, 1.165) is 42.9 Å². The molecular weight excluding hydrogens is 288 g/mol. The average Bonchev–Trinajstić information content (AvgIpc) is 3.14. The summed E-state index contributed by atoms with van der Waals surface area (Å²) in [5.41, 5.74) is 1.81. The van der Waals surface area contributed by atoms with E-state index < -0.39 is 0 Å². The maximum Gasteiger partial charge on any atom is 0.254 e. The molecule has 0 N–H and O–H groups in total. The quantitative estimate of drug-likeness (QED) is 0.871. The van der Waals surface area contributed by atoms with Crippen LogP contribution in [0.1, 0.15) is 54.5 Å². The molecule has 1 amide bonds. The van der Waals surface area contributed by atoms with Crippen LogP contribution in [-0.4, -0.2) is 32.1 Å². The van der Waals surface area contributed by atoms with Gasteiger partial charge in [-0.25, -0.2) is 0 Å². The van der Waals surface area contributed by atoms with Crippen LogP contribution in [0.4, 0.5) is 0 Å².